The summed E-state index contributed by atoms with van der Waals surface area (Å²) < 4.78 is 4.93. The van der Waals surface area contributed by atoms with E-state index in [1.54, 1.807) is 14.0 Å². The molecule has 0 aromatic rings. The van der Waals surface area contributed by atoms with Crippen molar-refractivity contribution in [3.05, 3.63) is 0 Å². The fourth-order valence-electron chi connectivity index (χ4n) is 1.12. The lowest BCUT2D eigenvalue weighted by Gasteiger charge is -2.23. The summed E-state index contributed by atoms with van der Waals surface area (Å²) in [7, 11) is 3.62. The van der Waals surface area contributed by atoms with E-state index in [2.05, 4.69) is 4.90 Å². The van der Waals surface area contributed by atoms with Crippen LogP contribution in [0.25, 0.3) is 0 Å². The van der Waals surface area contributed by atoms with Gasteiger partial charge in [0, 0.05) is 26.8 Å². The second kappa shape index (κ2) is 6.76. The zero-order valence-electron chi connectivity index (χ0n) is 9.82. The number of carboxylic acids is 1. The maximum absolute atomic E-state index is 10.7. The summed E-state index contributed by atoms with van der Waals surface area (Å²) >= 11 is 0. The molecule has 0 aliphatic carbocycles. The van der Waals surface area contributed by atoms with Gasteiger partial charge in [0.05, 0.1) is 0 Å². The summed E-state index contributed by atoms with van der Waals surface area (Å²) in [4.78, 5) is 12.8. The van der Waals surface area contributed by atoms with Crippen molar-refractivity contribution in [2.24, 2.45) is 5.73 Å². The van der Waals surface area contributed by atoms with Crippen molar-refractivity contribution in [2.75, 3.05) is 33.9 Å². The van der Waals surface area contributed by atoms with Crippen LogP contribution >= 0.6 is 0 Å². The number of carbonyl (C=O) groups is 1. The third-order valence-corrected chi connectivity index (χ3v) is 2.39. The molecule has 0 aliphatic rings. The summed E-state index contributed by atoms with van der Waals surface area (Å²) in [6.07, 6.45) is 1.40. The molecular weight excluding hydrogens is 196 g/mol. The molecule has 0 rings (SSSR count). The van der Waals surface area contributed by atoms with E-state index in [4.69, 9.17) is 15.6 Å². The van der Waals surface area contributed by atoms with Crippen LogP contribution in [-0.2, 0) is 9.53 Å². The zero-order chi connectivity index (χ0) is 11.9. The minimum absolute atomic E-state index is 0.450. The van der Waals surface area contributed by atoms with Crippen LogP contribution in [0.4, 0.5) is 0 Å². The van der Waals surface area contributed by atoms with Crippen LogP contribution in [0.5, 0.6) is 0 Å². The Morgan fingerprint density at radius 1 is 1.53 bits per heavy atom. The zero-order valence-corrected chi connectivity index (χ0v) is 9.82. The highest BCUT2D eigenvalue weighted by molar-refractivity contribution is 5.77. The molecule has 0 aromatic heterocycles. The Hall–Kier alpha value is -0.650. The first kappa shape index (κ1) is 14.3. The SMILES string of the molecule is COCCCN(C)CCC(C)(N)C(=O)O. The summed E-state index contributed by atoms with van der Waals surface area (Å²) in [5.41, 5.74) is 4.48. The van der Waals surface area contributed by atoms with E-state index in [1.165, 1.54) is 0 Å². The van der Waals surface area contributed by atoms with E-state index in [0.717, 1.165) is 19.6 Å². The van der Waals surface area contributed by atoms with Crippen molar-refractivity contribution in [2.45, 2.75) is 25.3 Å². The third kappa shape index (κ3) is 6.43. The van der Waals surface area contributed by atoms with Gasteiger partial charge in [-0.25, -0.2) is 0 Å². The predicted molar refractivity (Wildman–Crippen MR) is 58.8 cm³/mol. The van der Waals surface area contributed by atoms with E-state index in [9.17, 15) is 4.79 Å². The van der Waals surface area contributed by atoms with Crippen LogP contribution in [0.1, 0.15) is 19.8 Å². The van der Waals surface area contributed by atoms with Crippen LogP contribution in [0.2, 0.25) is 0 Å². The van der Waals surface area contributed by atoms with Crippen LogP contribution in [0, 0.1) is 0 Å². The average molecular weight is 218 g/mol. The number of methoxy groups -OCH3 is 1. The van der Waals surface area contributed by atoms with E-state index in [1.807, 2.05) is 7.05 Å². The van der Waals surface area contributed by atoms with Crippen molar-refractivity contribution in [3.8, 4) is 0 Å². The first-order chi connectivity index (χ1) is 6.90. The van der Waals surface area contributed by atoms with Crippen LogP contribution < -0.4 is 5.73 Å². The molecule has 0 saturated heterocycles. The predicted octanol–water partition coefficient (Wildman–Crippen LogP) is 0.147. The Kier molecular flexibility index (Phi) is 6.47. The molecule has 0 aliphatic heterocycles. The molecule has 0 saturated carbocycles. The first-order valence-corrected chi connectivity index (χ1v) is 5.10. The van der Waals surface area contributed by atoms with Crippen molar-refractivity contribution < 1.29 is 14.6 Å². The largest absolute Gasteiger partial charge is 0.480 e. The van der Waals surface area contributed by atoms with Crippen molar-refractivity contribution >= 4 is 5.97 Å². The molecule has 5 heteroatoms. The molecule has 0 fully saturated rings. The minimum atomic E-state index is -1.13. The number of hydrogen-bond donors (Lipinski definition) is 2. The fourth-order valence-corrected chi connectivity index (χ4v) is 1.12. The van der Waals surface area contributed by atoms with E-state index in [-0.39, 0.29) is 0 Å². The standard InChI is InChI=1S/C10H22N2O3/c1-10(11,9(13)14)5-7-12(2)6-4-8-15-3/h4-8,11H2,1-3H3,(H,13,14). The highest BCUT2D eigenvalue weighted by atomic mass is 16.5. The van der Waals surface area contributed by atoms with E-state index >= 15 is 0 Å². The van der Waals surface area contributed by atoms with Crippen LogP contribution in [0.15, 0.2) is 0 Å². The highest BCUT2D eigenvalue weighted by Crippen LogP contribution is 2.06. The molecule has 0 amide bonds. The van der Waals surface area contributed by atoms with E-state index < -0.39 is 11.5 Å². The van der Waals surface area contributed by atoms with Gasteiger partial charge in [-0.2, -0.15) is 0 Å². The highest BCUT2D eigenvalue weighted by Gasteiger charge is 2.27. The summed E-state index contributed by atoms with van der Waals surface area (Å²) in [5, 5.41) is 8.80. The van der Waals surface area contributed by atoms with Gasteiger partial charge in [-0.1, -0.05) is 0 Å². The van der Waals surface area contributed by atoms with Gasteiger partial charge >= 0.3 is 5.97 Å². The quantitative estimate of drug-likeness (QED) is 0.567. The number of rotatable bonds is 8. The molecular formula is C10H22N2O3. The first-order valence-electron chi connectivity index (χ1n) is 5.10. The molecule has 90 valence electrons. The Morgan fingerprint density at radius 2 is 2.13 bits per heavy atom. The van der Waals surface area contributed by atoms with Gasteiger partial charge in [0.2, 0.25) is 0 Å². The molecule has 0 bridgehead atoms. The van der Waals surface area contributed by atoms with Gasteiger partial charge < -0.3 is 20.5 Å². The van der Waals surface area contributed by atoms with Gasteiger partial charge in [-0.3, -0.25) is 4.79 Å². The third-order valence-electron chi connectivity index (χ3n) is 2.39. The lowest BCUT2D eigenvalue weighted by atomic mass is 9.99. The molecule has 0 aromatic carbocycles. The smallest absolute Gasteiger partial charge is 0.323 e. The summed E-state index contributed by atoms with van der Waals surface area (Å²) in [5.74, 6) is -0.951. The molecule has 0 radical (unpaired) electrons. The molecule has 3 N–H and O–H groups in total. The van der Waals surface area contributed by atoms with Crippen molar-refractivity contribution in [3.63, 3.8) is 0 Å². The molecule has 1 atom stereocenters. The van der Waals surface area contributed by atoms with Gasteiger partial charge in [-0.05, 0) is 26.8 Å². The van der Waals surface area contributed by atoms with Crippen LogP contribution in [-0.4, -0.2) is 55.4 Å². The van der Waals surface area contributed by atoms with E-state index in [0.29, 0.717) is 13.0 Å². The number of nitrogens with zero attached hydrogens (tertiary/aromatic N) is 1. The lowest BCUT2D eigenvalue weighted by Crippen LogP contribution is -2.47. The molecule has 15 heavy (non-hydrogen) atoms. The number of nitrogens with two attached hydrogens (primary N) is 1. The maximum atomic E-state index is 10.7. The topological polar surface area (TPSA) is 75.8 Å². The number of carboxylic acid groups (broad SMARTS) is 1. The van der Waals surface area contributed by atoms with Crippen molar-refractivity contribution in [1.82, 2.24) is 4.90 Å². The molecule has 1 unspecified atom stereocenters. The van der Waals surface area contributed by atoms with Crippen LogP contribution in [0.3, 0.4) is 0 Å². The van der Waals surface area contributed by atoms with Gasteiger partial charge in [0.1, 0.15) is 5.54 Å². The second-order valence-electron chi connectivity index (χ2n) is 4.12. The molecule has 0 heterocycles. The van der Waals surface area contributed by atoms with Gasteiger partial charge in [0.25, 0.3) is 0 Å². The monoisotopic (exact) mass is 218 g/mol. The molecule has 0 spiro atoms. The number of ether oxygens (including phenoxy) is 1. The molecule has 5 nitrogen and oxygen atoms in total. The normalized spacial score (nSPS) is 15.3. The van der Waals surface area contributed by atoms with Gasteiger partial charge in [-0.15, -0.1) is 0 Å². The van der Waals surface area contributed by atoms with Gasteiger partial charge in [0.15, 0.2) is 0 Å². The van der Waals surface area contributed by atoms with Crippen molar-refractivity contribution in [1.29, 1.82) is 0 Å². The Morgan fingerprint density at radius 3 is 2.60 bits per heavy atom. The maximum Gasteiger partial charge on any atom is 0.323 e. The average Bonchev–Trinajstić information content (AvgIpc) is 2.15. The number of hydrogen-bond acceptors (Lipinski definition) is 4. The Bertz CT molecular complexity index is 195. The summed E-state index contributed by atoms with van der Waals surface area (Å²) in [6.45, 7) is 3.84. The summed E-state index contributed by atoms with van der Waals surface area (Å²) in [6, 6.07) is 0. The fraction of sp³-hybridized carbons (Fsp3) is 0.900. The second-order valence-corrected chi connectivity index (χ2v) is 4.12. The Balaban J connectivity index is 3.70. The lowest BCUT2D eigenvalue weighted by molar-refractivity contribution is -0.143. The minimum Gasteiger partial charge on any atom is -0.480 e. The Labute approximate surface area is 91.2 Å². The number of aliphatic carboxylic acids is 1.